The number of rotatable bonds is 5. The first-order chi connectivity index (χ1) is 12.3. The van der Waals surface area contributed by atoms with Crippen molar-refractivity contribution in [1.82, 2.24) is 15.1 Å². The summed E-state index contributed by atoms with van der Waals surface area (Å²) in [6.07, 6.45) is -4.31. The van der Waals surface area contributed by atoms with Crippen molar-refractivity contribution < 1.29 is 22.7 Å². The number of ketones is 1. The van der Waals surface area contributed by atoms with E-state index in [0.717, 1.165) is 4.68 Å². The van der Waals surface area contributed by atoms with Gasteiger partial charge >= 0.3 is 6.18 Å². The van der Waals surface area contributed by atoms with Crippen molar-refractivity contribution in [2.75, 3.05) is 13.7 Å². The SMILES string of the molecule is COc1ccc(Cl)cc1CC(=O)Cn1nc(C(F)(F)F)c2c1CNCC2. The van der Waals surface area contributed by atoms with Crippen molar-refractivity contribution in [1.29, 1.82) is 0 Å². The summed E-state index contributed by atoms with van der Waals surface area (Å²) in [5.74, 6) is 0.220. The largest absolute Gasteiger partial charge is 0.496 e. The lowest BCUT2D eigenvalue weighted by Crippen LogP contribution is -2.27. The Morgan fingerprint density at radius 3 is 2.88 bits per heavy atom. The van der Waals surface area contributed by atoms with E-state index in [1.165, 1.54) is 7.11 Å². The van der Waals surface area contributed by atoms with E-state index in [-0.39, 0.29) is 37.3 Å². The molecule has 5 nitrogen and oxygen atoms in total. The molecule has 0 saturated heterocycles. The van der Waals surface area contributed by atoms with E-state index in [1.54, 1.807) is 18.2 Å². The number of hydrogen-bond acceptors (Lipinski definition) is 4. The van der Waals surface area contributed by atoms with E-state index in [0.29, 0.717) is 28.6 Å². The number of halogens is 4. The maximum atomic E-state index is 13.2. The average molecular weight is 388 g/mol. The second-order valence-electron chi connectivity index (χ2n) is 6.03. The van der Waals surface area contributed by atoms with E-state index in [1.807, 2.05) is 0 Å². The number of fused-ring (bicyclic) bond motifs is 1. The minimum atomic E-state index is -4.54. The van der Waals surface area contributed by atoms with E-state index >= 15 is 0 Å². The molecule has 26 heavy (non-hydrogen) atoms. The average Bonchev–Trinajstić information content (AvgIpc) is 2.94. The highest BCUT2D eigenvalue weighted by molar-refractivity contribution is 6.30. The number of benzene rings is 1. The predicted octanol–water partition coefficient (Wildman–Crippen LogP) is 3.02. The van der Waals surface area contributed by atoms with Gasteiger partial charge in [0.2, 0.25) is 0 Å². The molecule has 140 valence electrons. The van der Waals surface area contributed by atoms with Crippen LogP contribution in [0.4, 0.5) is 13.2 Å². The molecule has 0 atom stereocenters. The number of hydrogen-bond donors (Lipinski definition) is 1. The van der Waals surface area contributed by atoms with Crippen LogP contribution >= 0.6 is 11.6 Å². The first kappa shape index (κ1) is 18.7. The van der Waals surface area contributed by atoms with Gasteiger partial charge in [0.1, 0.15) is 12.3 Å². The predicted molar refractivity (Wildman–Crippen MR) is 89.4 cm³/mol. The molecule has 2 aromatic rings. The maximum absolute atomic E-state index is 13.2. The van der Waals surface area contributed by atoms with Crippen LogP contribution in [0.2, 0.25) is 5.02 Å². The summed E-state index contributed by atoms with van der Waals surface area (Å²) in [6.45, 7) is 0.470. The summed E-state index contributed by atoms with van der Waals surface area (Å²) in [5.41, 5.74) is 0.265. The van der Waals surface area contributed by atoms with Crippen LogP contribution in [-0.4, -0.2) is 29.2 Å². The Kier molecular flexibility index (Phi) is 5.24. The summed E-state index contributed by atoms with van der Waals surface area (Å²) in [5, 5.41) is 7.15. The molecule has 1 aromatic heterocycles. The molecule has 0 aliphatic carbocycles. The van der Waals surface area contributed by atoms with Gasteiger partial charge in [-0.25, -0.2) is 0 Å². The second-order valence-corrected chi connectivity index (χ2v) is 6.46. The quantitative estimate of drug-likeness (QED) is 0.857. The van der Waals surface area contributed by atoms with Crippen LogP contribution < -0.4 is 10.1 Å². The fraction of sp³-hybridized carbons (Fsp3) is 0.412. The Labute approximate surface area is 153 Å². The van der Waals surface area contributed by atoms with Crippen LogP contribution in [0.15, 0.2) is 18.2 Å². The van der Waals surface area contributed by atoms with E-state index in [2.05, 4.69) is 10.4 Å². The third-order valence-corrected chi connectivity index (χ3v) is 4.47. The van der Waals surface area contributed by atoms with Crippen LogP contribution in [0, 0.1) is 0 Å². The summed E-state index contributed by atoms with van der Waals surface area (Å²) in [7, 11) is 1.47. The van der Waals surface area contributed by atoms with E-state index < -0.39 is 11.9 Å². The van der Waals surface area contributed by atoms with Crippen LogP contribution in [0.1, 0.15) is 22.5 Å². The lowest BCUT2D eigenvalue weighted by Gasteiger charge is -2.16. The van der Waals surface area contributed by atoms with Gasteiger partial charge < -0.3 is 10.1 Å². The Balaban J connectivity index is 1.84. The molecule has 1 aromatic carbocycles. The number of carbonyl (C=O) groups is 1. The standard InChI is InChI=1S/C17H17ClF3N3O2/c1-26-15-3-2-11(18)6-10(15)7-12(25)9-24-14-8-22-5-4-13(14)16(23-24)17(19,20)21/h2-3,6,22H,4-5,7-9H2,1H3. The lowest BCUT2D eigenvalue weighted by molar-refractivity contribution is -0.142. The molecule has 1 N–H and O–H groups in total. The van der Waals surface area contributed by atoms with Gasteiger partial charge in [-0.2, -0.15) is 18.3 Å². The summed E-state index contributed by atoms with van der Waals surface area (Å²) in [4.78, 5) is 12.4. The molecule has 3 rings (SSSR count). The molecule has 0 unspecified atom stereocenters. The van der Waals surface area contributed by atoms with Crippen LogP contribution in [0.25, 0.3) is 0 Å². The second kappa shape index (κ2) is 7.28. The number of nitrogens with one attached hydrogen (secondary N) is 1. The van der Waals surface area contributed by atoms with E-state index in [4.69, 9.17) is 16.3 Å². The van der Waals surface area contributed by atoms with Crippen molar-refractivity contribution in [3.63, 3.8) is 0 Å². The van der Waals surface area contributed by atoms with Crippen LogP contribution in [0.5, 0.6) is 5.75 Å². The van der Waals surface area contributed by atoms with Crippen LogP contribution in [0.3, 0.4) is 0 Å². The molecule has 0 fully saturated rings. The summed E-state index contributed by atoms with van der Waals surface area (Å²) < 4.78 is 46.0. The van der Waals surface area contributed by atoms with Gasteiger partial charge in [0.25, 0.3) is 0 Å². The van der Waals surface area contributed by atoms with Crippen molar-refractivity contribution >= 4 is 17.4 Å². The van der Waals surface area contributed by atoms with Crippen molar-refractivity contribution in [3.8, 4) is 5.75 Å². The molecule has 0 radical (unpaired) electrons. The third kappa shape index (κ3) is 3.86. The highest BCUT2D eigenvalue weighted by Gasteiger charge is 2.39. The zero-order chi connectivity index (χ0) is 18.9. The van der Waals surface area contributed by atoms with Gasteiger partial charge in [-0.3, -0.25) is 9.48 Å². The van der Waals surface area contributed by atoms with Gasteiger partial charge in [0.05, 0.1) is 12.8 Å². The normalized spacial score (nSPS) is 14.2. The topological polar surface area (TPSA) is 56.2 Å². The summed E-state index contributed by atoms with van der Waals surface area (Å²) in [6, 6.07) is 4.89. The van der Waals surface area contributed by atoms with Crippen LogP contribution in [-0.2, 0) is 36.9 Å². The molecule has 1 aliphatic heterocycles. The first-order valence-corrected chi connectivity index (χ1v) is 8.38. The number of aromatic nitrogens is 2. The zero-order valence-corrected chi connectivity index (χ0v) is 14.7. The molecule has 9 heteroatoms. The van der Waals surface area contributed by atoms with E-state index in [9.17, 15) is 18.0 Å². The number of alkyl halides is 3. The van der Waals surface area contributed by atoms with Crippen molar-refractivity contribution in [2.45, 2.75) is 32.1 Å². The number of carbonyl (C=O) groups excluding carboxylic acids is 1. The number of methoxy groups -OCH3 is 1. The van der Waals surface area contributed by atoms with Crippen molar-refractivity contribution in [3.05, 3.63) is 45.7 Å². The Hall–Kier alpha value is -2.06. The van der Waals surface area contributed by atoms with Gasteiger partial charge in [-0.15, -0.1) is 0 Å². The number of nitrogens with zero attached hydrogens (tertiary/aromatic N) is 2. The monoisotopic (exact) mass is 387 g/mol. The molecule has 0 saturated carbocycles. The molecular formula is C17H17ClF3N3O2. The van der Waals surface area contributed by atoms with Gasteiger partial charge in [-0.1, -0.05) is 11.6 Å². The molecule has 0 amide bonds. The fourth-order valence-electron chi connectivity index (χ4n) is 3.09. The molecule has 0 spiro atoms. The molecule has 0 bridgehead atoms. The smallest absolute Gasteiger partial charge is 0.435 e. The fourth-order valence-corrected chi connectivity index (χ4v) is 3.29. The minimum absolute atomic E-state index is 0.00680. The Morgan fingerprint density at radius 2 is 2.19 bits per heavy atom. The maximum Gasteiger partial charge on any atom is 0.435 e. The Bertz CT molecular complexity index is 833. The summed E-state index contributed by atoms with van der Waals surface area (Å²) >= 11 is 5.95. The molecule has 1 aliphatic rings. The molecule has 2 heterocycles. The van der Waals surface area contributed by atoms with Gasteiger partial charge in [0, 0.05) is 29.1 Å². The van der Waals surface area contributed by atoms with Gasteiger partial charge in [0.15, 0.2) is 11.5 Å². The van der Waals surface area contributed by atoms with Gasteiger partial charge in [-0.05, 0) is 31.2 Å². The zero-order valence-electron chi connectivity index (χ0n) is 14.0. The minimum Gasteiger partial charge on any atom is -0.496 e. The highest BCUT2D eigenvalue weighted by Crippen LogP contribution is 2.34. The lowest BCUT2D eigenvalue weighted by atomic mass is 10.1. The number of ether oxygens (including phenoxy) is 1. The number of Topliss-reactive ketones (excluding diaryl/α,β-unsaturated/α-hetero) is 1. The van der Waals surface area contributed by atoms with Crippen molar-refractivity contribution in [2.24, 2.45) is 0 Å². The first-order valence-electron chi connectivity index (χ1n) is 8.00. The highest BCUT2D eigenvalue weighted by atomic mass is 35.5. The third-order valence-electron chi connectivity index (χ3n) is 4.24. The molecular weight excluding hydrogens is 371 g/mol. The Morgan fingerprint density at radius 1 is 1.42 bits per heavy atom.